The van der Waals surface area contributed by atoms with Gasteiger partial charge in [0.05, 0.1) is 13.2 Å². The first-order chi connectivity index (χ1) is 19.3. The first-order valence-corrected chi connectivity index (χ1v) is 24.5. The predicted octanol–water partition coefficient (Wildman–Crippen LogP) is 7.52. The number of ether oxygens (including phenoxy) is 4. The van der Waals surface area contributed by atoms with Crippen molar-refractivity contribution in [2.75, 3.05) is 39.6 Å². The molecule has 0 aromatic heterocycles. The van der Waals surface area contributed by atoms with E-state index in [2.05, 4.69) is 52.4 Å². The highest BCUT2D eigenvalue weighted by molar-refractivity contribution is 6.87. The number of allylic oxidation sites excluding steroid dienone is 2. The Bertz CT molecular complexity index is 671. The molecular weight excluding hydrogens is 573 g/mol. The third-order valence-corrected chi connectivity index (χ3v) is 17.7. The van der Waals surface area contributed by atoms with E-state index in [1.807, 2.05) is 12.2 Å². The fraction of sp³-hybridized carbons (Fsp3) is 0.800. The smallest absolute Gasteiger partial charge is 0.311 e. The average molecular weight is 633 g/mol. The van der Waals surface area contributed by atoms with E-state index in [1.165, 1.54) is 0 Å². The highest BCUT2D eigenvalue weighted by Crippen LogP contribution is 2.26. The van der Waals surface area contributed by atoms with Gasteiger partial charge in [-0.3, -0.25) is 9.59 Å². The summed E-state index contributed by atoms with van der Waals surface area (Å²) in [7, 11) is -6.09. The molecule has 0 unspecified atom stereocenters. The SMILES string of the molecule is C=CCCCCC(=O)OCCOCCC[Si](C)(C)O[Si](C)(C)O[Si](C)(C)CCCOCCOC(=O)CCCCC=C. The minimum atomic E-state index is -2.28. The molecule has 0 rings (SSSR count). The number of rotatable bonds is 28. The van der Waals surface area contributed by atoms with Gasteiger partial charge in [-0.2, -0.15) is 0 Å². The van der Waals surface area contributed by atoms with Crippen molar-refractivity contribution < 1.29 is 36.8 Å². The van der Waals surface area contributed by atoms with Gasteiger partial charge in [-0.25, -0.2) is 0 Å². The van der Waals surface area contributed by atoms with Gasteiger partial charge in [-0.05, 0) is 103 Å². The van der Waals surface area contributed by atoms with Crippen molar-refractivity contribution in [1.29, 1.82) is 0 Å². The van der Waals surface area contributed by atoms with Crippen LogP contribution < -0.4 is 0 Å². The Labute approximate surface area is 254 Å². The average Bonchev–Trinajstić information content (AvgIpc) is 2.86. The molecule has 0 fully saturated rings. The van der Waals surface area contributed by atoms with Crippen LogP contribution in [-0.4, -0.2) is 76.8 Å². The monoisotopic (exact) mass is 632 g/mol. The molecule has 0 amide bonds. The molecule has 0 N–H and O–H groups in total. The van der Waals surface area contributed by atoms with E-state index in [1.54, 1.807) is 0 Å². The highest BCUT2D eigenvalue weighted by Gasteiger charge is 2.39. The van der Waals surface area contributed by atoms with E-state index < -0.39 is 25.2 Å². The summed E-state index contributed by atoms with van der Waals surface area (Å²) in [4.78, 5) is 23.4. The number of hydrogen-bond donors (Lipinski definition) is 0. The van der Waals surface area contributed by atoms with E-state index in [0.29, 0.717) is 52.5 Å². The van der Waals surface area contributed by atoms with Crippen LogP contribution >= 0.6 is 0 Å². The van der Waals surface area contributed by atoms with Gasteiger partial charge >= 0.3 is 20.5 Å². The number of esters is 2. The Morgan fingerprint density at radius 1 is 0.561 bits per heavy atom. The molecule has 0 aromatic carbocycles. The van der Waals surface area contributed by atoms with Crippen molar-refractivity contribution in [2.24, 2.45) is 0 Å². The molecule has 41 heavy (non-hydrogen) atoms. The Balaban J connectivity index is 4.02. The second-order valence-electron chi connectivity index (χ2n) is 12.1. The topological polar surface area (TPSA) is 89.5 Å². The zero-order valence-electron chi connectivity index (χ0n) is 27.1. The molecule has 0 radical (unpaired) electrons. The first kappa shape index (κ1) is 39.9. The lowest BCUT2D eigenvalue weighted by molar-refractivity contribution is -0.146. The van der Waals surface area contributed by atoms with Gasteiger partial charge in [0, 0.05) is 26.1 Å². The van der Waals surface area contributed by atoms with E-state index in [-0.39, 0.29) is 11.9 Å². The second kappa shape index (κ2) is 23.4. The summed E-state index contributed by atoms with van der Waals surface area (Å²) >= 11 is 0. The van der Waals surface area contributed by atoms with Gasteiger partial charge in [-0.15, -0.1) is 13.2 Å². The van der Waals surface area contributed by atoms with Crippen LogP contribution in [0.25, 0.3) is 0 Å². The maximum Gasteiger partial charge on any atom is 0.311 e. The molecule has 0 aromatic rings. The fourth-order valence-corrected chi connectivity index (χ4v) is 18.5. The van der Waals surface area contributed by atoms with Gasteiger partial charge in [0.1, 0.15) is 13.2 Å². The predicted molar refractivity (Wildman–Crippen MR) is 174 cm³/mol. The molecule has 0 heterocycles. The van der Waals surface area contributed by atoms with E-state index in [9.17, 15) is 9.59 Å². The summed E-state index contributed by atoms with van der Waals surface area (Å²) < 4.78 is 35.1. The van der Waals surface area contributed by atoms with Crippen LogP contribution in [0, 0.1) is 0 Å². The van der Waals surface area contributed by atoms with Gasteiger partial charge in [0.15, 0.2) is 16.6 Å². The van der Waals surface area contributed by atoms with E-state index in [4.69, 9.17) is 27.2 Å². The lowest BCUT2D eigenvalue weighted by Gasteiger charge is -2.38. The maximum absolute atomic E-state index is 11.7. The third-order valence-electron chi connectivity index (χ3n) is 6.24. The van der Waals surface area contributed by atoms with Gasteiger partial charge in [0.25, 0.3) is 0 Å². The molecule has 0 aliphatic carbocycles. The Kier molecular flexibility index (Phi) is 22.8. The molecule has 0 bridgehead atoms. The fourth-order valence-electron chi connectivity index (χ4n) is 4.55. The summed E-state index contributed by atoms with van der Waals surface area (Å²) in [6, 6.07) is 1.98. The molecule has 240 valence electrons. The van der Waals surface area contributed by atoms with Crippen molar-refractivity contribution in [3.8, 4) is 0 Å². The summed E-state index contributed by atoms with van der Waals surface area (Å²) in [5.74, 6) is -0.316. The van der Waals surface area contributed by atoms with Crippen LogP contribution in [0.3, 0.4) is 0 Å². The van der Waals surface area contributed by atoms with Crippen molar-refractivity contribution in [3.05, 3.63) is 25.3 Å². The molecule has 0 aliphatic rings. The maximum atomic E-state index is 11.7. The molecule has 0 aliphatic heterocycles. The minimum absolute atomic E-state index is 0.158. The van der Waals surface area contributed by atoms with Crippen molar-refractivity contribution >= 4 is 37.1 Å². The lowest BCUT2D eigenvalue weighted by Crippen LogP contribution is -2.52. The van der Waals surface area contributed by atoms with Crippen LogP contribution in [0.4, 0.5) is 0 Å². The number of carbonyl (C=O) groups is 2. The van der Waals surface area contributed by atoms with Crippen molar-refractivity contribution in [3.63, 3.8) is 0 Å². The molecule has 0 spiro atoms. The summed E-state index contributed by atoms with van der Waals surface area (Å²) in [5, 5.41) is 0. The molecule has 0 atom stereocenters. The quantitative estimate of drug-likeness (QED) is 0.0379. The van der Waals surface area contributed by atoms with Crippen molar-refractivity contribution in [1.82, 2.24) is 0 Å². The van der Waals surface area contributed by atoms with Gasteiger partial charge < -0.3 is 27.2 Å². The number of unbranched alkanes of at least 4 members (excludes halogenated alkanes) is 4. The second-order valence-corrected chi connectivity index (χ2v) is 24.5. The molecule has 8 nitrogen and oxygen atoms in total. The van der Waals surface area contributed by atoms with Gasteiger partial charge in [0.2, 0.25) is 0 Å². The van der Waals surface area contributed by atoms with Crippen LogP contribution in [0.1, 0.15) is 64.2 Å². The van der Waals surface area contributed by atoms with E-state index in [0.717, 1.165) is 63.5 Å². The van der Waals surface area contributed by atoms with Crippen molar-refractivity contribution in [2.45, 2.75) is 116 Å². The molecule has 0 saturated carbocycles. The normalized spacial score (nSPS) is 12.2. The van der Waals surface area contributed by atoms with Gasteiger partial charge in [-0.1, -0.05) is 12.2 Å². The summed E-state index contributed by atoms with van der Waals surface area (Å²) in [5.41, 5.74) is 0. The molecular formula is C30H60O8Si3. The zero-order chi connectivity index (χ0) is 31.0. The third kappa shape index (κ3) is 26.3. The Hall–Kier alpha value is -1.09. The van der Waals surface area contributed by atoms with Crippen LogP contribution in [-0.2, 0) is 36.8 Å². The van der Waals surface area contributed by atoms with Crippen LogP contribution in [0.2, 0.25) is 51.4 Å². The van der Waals surface area contributed by atoms with E-state index >= 15 is 0 Å². The van der Waals surface area contributed by atoms with Crippen LogP contribution in [0.5, 0.6) is 0 Å². The molecule has 0 saturated heterocycles. The Morgan fingerprint density at radius 2 is 0.951 bits per heavy atom. The lowest BCUT2D eigenvalue weighted by atomic mass is 10.2. The first-order valence-electron chi connectivity index (χ1n) is 15.4. The highest BCUT2D eigenvalue weighted by atomic mass is 28.5. The number of hydrogen-bond acceptors (Lipinski definition) is 8. The minimum Gasteiger partial charge on any atom is -0.463 e. The van der Waals surface area contributed by atoms with Crippen LogP contribution in [0.15, 0.2) is 25.3 Å². The largest absolute Gasteiger partial charge is 0.463 e. The standard InChI is InChI=1S/C30H60O8Si3/c1-9-11-13-15-19-29(31)35-25-23-33-21-17-27-39(3,4)37-41(7,8)38-40(5,6)28-18-22-34-24-26-36-30(32)20-16-14-12-10-2/h9-10H,1-2,11-28H2,3-8H3. The number of carbonyl (C=O) groups excluding carboxylic acids is 2. The zero-order valence-corrected chi connectivity index (χ0v) is 30.1. The molecule has 11 heteroatoms. The summed E-state index contributed by atoms with van der Waals surface area (Å²) in [6.45, 7) is 23.4. The Morgan fingerprint density at radius 3 is 1.32 bits per heavy atom. The summed E-state index contributed by atoms with van der Waals surface area (Å²) in [6.07, 6.45) is 11.9.